The van der Waals surface area contributed by atoms with E-state index in [-0.39, 0.29) is 5.78 Å². The van der Waals surface area contributed by atoms with Crippen molar-refractivity contribution in [1.82, 2.24) is 0 Å². The van der Waals surface area contributed by atoms with Crippen molar-refractivity contribution in [2.24, 2.45) is 5.92 Å². The normalized spacial score (nSPS) is 15.1. The maximum atomic E-state index is 11.4. The van der Waals surface area contributed by atoms with Crippen LogP contribution in [0.2, 0.25) is 0 Å². The third-order valence-electron chi connectivity index (χ3n) is 2.69. The van der Waals surface area contributed by atoms with Gasteiger partial charge in [0.25, 0.3) is 0 Å². The Morgan fingerprint density at radius 2 is 2.20 bits per heavy atom. The molecule has 0 heterocycles. The highest BCUT2D eigenvalue weighted by atomic mass is 16.5. The summed E-state index contributed by atoms with van der Waals surface area (Å²) in [5.41, 5.74) is 1.83. The molecule has 80 valence electrons. The van der Waals surface area contributed by atoms with Gasteiger partial charge < -0.3 is 4.74 Å². The minimum Gasteiger partial charge on any atom is -0.493 e. The summed E-state index contributed by atoms with van der Waals surface area (Å²) in [4.78, 5) is 11.4. The number of Topliss-reactive ketones (excluding diaryl/α,β-unsaturated/α-hetero) is 1. The molecule has 1 fully saturated rings. The van der Waals surface area contributed by atoms with Crippen LogP contribution >= 0.6 is 0 Å². The Kier molecular flexibility index (Phi) is 2.76. The van der Waals surface area contributed by atoms with Gasteiger partial charge in [-0.05, 0) is 50.3 Å². The van der Waals surface area contributed by atoms with Crippen LogP contribution in [0.25, 0.3) is 0 Å². The number of ether oxygens (including phenoxy) is 1. The summed E-state index contributed by atoms with van der Waals surface area (Å²) in [5, 5.41) is 0. The van der Waals surface area contributed by atoms with E-state index >= 15 is 0 Å². The Morgan fingerprint density at radius 1 is 1.47 bits per heavy atom. The number of hydrogen-bond acceptors (Lipinski definition) is 2. The van der Waals surface area contributed by atoms with Gasteiger partial charge in [0.2, 0.25) is 0 Å². The van der Waals surface area contributed by atoms with Crippen molar-refractivity contribution in [2.45, 2.75) is 26.7 Å². The highest BCUT2D eigenvalue weighted by molar-refractivity contribution is 5.96. The highest BCUT2D eigenvalue weighted by Gasteiger charge is 2.22. The highest BCUT2D eigenvalue weighted by Crippen LogP contribution is 2.30. The van der Waals surface area contributed by atoms with E-state index in [1.807, 2.05) is 25.1 Å². The van der Waals surface area contributed by atoms with Crippen LogP contribution < -0.4 is 4.74 Å². The summed E-state index contributed by atoms with van der Waals surface area (Å²) in [6, 6.07) is 5.74. The Labute approximate surface area is 90.3 Å². The average molecular weight is 204 g/mol. The molecule has 0 atom stereocenters. The summed E-state index contributed by atoms with van der Waals surface area (Å²) in [6.45, 7) is 4.34. The molecule has 0 unspecified atom stereocenters. The van der Waals surface area contributed by atoms with E-state index in [9.17, 15) is 4.79 Å². The third kappa shape index (κ3) is 2.58. The molecule has 0 aromatic heterocycles. The molecular formula is C13H16O2. The summed E-state index contributed by atoms with van der Waals surface area (Å²) in [5.74, 6) is 1.53. The van der Waals surface area contributed by atoms with Gasteiger partial charge in [0.15, 0.2) is 5.78 Å². The predicted molar refractivity (Wildman–Crippen MR) is 59.4 cm³/mol. The number of rotatable bonds is 4. The van der Waals surface area contributed by atoms with Gasteiger partial charge in [0.1, 0.15) is 5.75 Å². The summed E-state index contributed by atoms with van der Waals surface area (Å²) < 4.78 is 5.68. The maximum Gasteiger partial charge on any atom is 0.163 e. The zero-order valence-electron chi connectivity index (χ0n) is 9.25. The average Bonchev–Trinajstić information content (AvgIpc) is 2.97. The lowest BCUT2D eigenvalue weighted by Crippen LogP contribution is -2.04. The van der Waals surface area contributed by atoms with Gasteiger partial charge in [-0.3, -0.25) is 4.79 Å². The van der Waals surface area contributed by atoms with Gasteiger partial charge >= 0.3 is 0 Å². The lowest BCUT2D eigenvalue weighted by Gasteiger charge is -2.09. The number of ketones is 1. The van der Waals surface area contributed by atoms with Crippen molar-refractivity contribution in [1.29, 1.82) is 0 Å². The molecular weight excluding hydrogens is 188 g/mol. The van der Waals surface area contributed by atoms with Crippen LogP contribution in [0, 0.1) is 12.8 Å². The lowest BCUT2D eigenvalue weighted by molar-refractivity contribution is 0.101. The molecule has 0 spiro atoms. The second-order valence-electron chi connectivity index (χ2n) is 4.31. The Hall–Kier alpha value is -1.31. The van der Waals surface area contributed by atoms with E-state index < -0.39 is 0 Å². The number of hydrogen-bond donors (Lipinski definition) is 0. The van der Waals surface area contributed by atoms with Gasteiger partial charge in [0, 0.05) is 0 Å². The fourth-order valence-corrected chi connectivity index (χ4v) is 1.53. The molecule has 0 N–H and O–H groups in total. The third-order valence-corrected chi connectivity index (χ3v) is 2.69. The summed E-state index contributed by atoms with van der Waals surface area (Å²) >= 11 is 0. The van der Waals surface area contributed by atoms with Gasteiger partial charge in [-0.25, -0.2) is 0 Å². The molecule has 0 radical (unpaired) electrons. The monoisotopic (exact) mass is 204 g/mol. The maximum absolute atomic E-state index is 11.4. The van der Waals surface area contributed by atoms with Crippen molar-refractivity contribution in [2.75, 3.05) is 6.61 Å². The van der Waals surface area contributed by atoms with Crippen LogP contribution in [0.1, 0.15) is 35.7 Å². The number of carbonyl (C=O) groups excluding carboxylic acids is 1. The topological polar surface area (TPSA) is 26.3 Å². The largest absolute Gasteiger partial charge is 0.493 e. The van der Waals surface area contributed by atoms with Crippen LogP contribution in [0.15, 0.2) is 18.2 Å². The first-order valence-electron chi connectivity index (χ1n) is 5.41. The van der Waals surface area contributed by atoms with Gasteiger partial charge in [-0.2, -0.15) is 0 Å². The molecule has 0 aliphatic heterocycles. The molecule has 0 bridgehead atoms. The van der Waals surface area contributed by atoms with E-state index in [0.29, 0.717) is 11.5 Å². The first kappa shape index (κ1) is 10.2. The fraction of sp³-hybridized carbons (Fsp3) is 0.462. The quantitative estimate of drug-likeness (QED) is 0.705. The molecule has 0 saturated heterocycles. The zero-order chi connectivity index (χ0) is 10.8. The van der Waals surface area contributed by atoms with Crippen molar-refractivity contribution in [3.63, 3.8) is 0 Å². The van der Waals surface area contributed by atoms with Crippen LogP contribution in [0.4, 0.5) is 0 Å². The van der Waals surface area contributed by atoms with Crippen molar-refractivity contribution < 1.29 is 9.53 Å². The molecule has 1 aromatic carbocycles. The Balaban J connectivity index is 2.16. The van der Waals surface area contributed by atoms with Gasteiger partial charge in [0.05, 0.1) is 12.2 Å². The SMILES string of the molecule is CC(=O)c1ccc(C)cc1OCC1CC1. The van der Waals surface area contributed by atoms with E-state index in [4.69, 9.17) is 4.74 Å². The van der Waals surface area contributed by atoms with Crippen LogP contribution in [-0.2, 0) is 0 Å². The molecule has 1 aliphatic carbocycles. The van der Waals surface area contributed by atoms with E-state index in [0.717, 1.165) is 17.9 Å². The number of aryl methyl sites for hydroxylation is 1. The lowest BCUT2D eigenvalue weighted by atomic mass is 10.1. The smallest absolute Gasteiger partial charge is 0.163 e. The van der Waals surface area contributed by atoms with Crippen LogP contribution in [-0.4, -0.2) is 12.4 Å². The molecule has 1 saturated carbocycles. The minimum atomic E-state index is 0.0702. The van der Waals surface area contributed by atoms with Crippen molar-refractivity contribution in [3.8, 4) is 5.75 Å². The summed E-state index contributed by atoms with van der Waals surface area (Å²) in [6.07, 6.45) is 2.53. The molecule has 15 heavy (non-hydrogen) atoms. The second-order valence-corrected chi connectivity index (χ2v) is 4.31. The summed E-state index contributed by atoms with van der Waals surface area (Å²) in [7, 11) is 0. The van der Waals surface area contributed by atoms with E-state index in [1.165, 1.54) is 12.8 Å². The second kappa shape index (κ2) is 4.05. The van der Waals surface area contributed by atoms with Crippen molar-refractivity contribution in [3.05, 3.63) is 29.3 Å². The van der Waals surface area contributed by atoms with E-state index in [1.54, 1.807) is 6.92 Å². The first-order valence-corrected chi connectivity index (χ1v) is 5.41. The minimum absolute atomic E-state index is 0.0702. The predicted octanol–water partition coefficient (Wildman–Crippen LogP) is 2.99. The fourth-order valence-electron chi connectivity index (χ4n) is 1.53. The number of benzene rings is 1. The van der Waals surface area contributed by atoms with Crippen LogP contribution in [0.3, 0.4) is 0 Å². The molecule has 2 nitrogen and oxygen atoms in total. The standard InChI is InChI=1S/C13H16O2/c1-9-3-6-12(10(2)14)13(7-9)15-8-11-4-5-11/h3,6-7,11H,4-5,8H2,1-2H3. The molecule has 0 amide bonds. The van der Waals surface area contributed by atoms with Crippen LogP contribution in [0.5, 0.6) is 5.75 Å². The van der Waals surface area contributed by atoms with Gasteiger partial charge in [-0.15, -0.1) is 0 Å². The van der Waals surface area contributed by atoms with E-state index in [2.05, 4.69) is 0 Å². The molecule has 1 aliphatic rings. The van der Waals surface area contributed by atoms with Gasteiger partial charge in [-0.1, -0.05) is 6.07 Å². The first-order chi connectivity index (χ1) is 7.16. The Bertz CT molecular complexity index is 378. The molecule has 2 heteroatoms. The number of carbonyl (C=O) groups is 1. The van der Waals surface area contributed by atoms with Crippen molar-refractivity contribution >= 4 is 5.78 Å². The zero-order valence-corrected chi connectivity index (χ0v) is 9.25. The molecule has 2 rings (SSSR count). The molecule has 1 aromatic rings. The Morgan fingerprint density at radius 3 is 2.80 bits per heavy atom.